The van der Waals surface area contributed by atoms with E-state index in [0.29, 0.717) is 4.90 Å². The highest BCUT2D eigenvalue weighted by molar-refractivity contribution is 7.91. The van der Waals surface area contributed by atoms with Gasteiger partial charge in [-0.2, -0.15) is 0 Å². The quantitative estimate of drug-likeness (QED) is 0.813. The van der Waals surface area contributed by atoms with Gasteiger partial charge in [0.1, 0.15) is 0 Å². The molecule has 0 N–H and O–H groups in total. The summed E-state index contributed by atoms with van der Waals surface area (Å²) < 4.78 is 24.2. The molecule has 0 fully saturated rings. The zero-order valence-corrected chi connectivity index (χ0v) is 11.2. The van der Waals surface area contributed by atoms with Crippen LogP contribution in [0.1, 0.15) is 27.7 Å². The standard InChI is InChI=1S/C13H20O2S/c1-11(13(2,3)4)10-16(14,15)12-8-6-5-7-9-12/h5-9,11H,10H2,1-4H3. The van der Waals surface area contributed by atoms with Crippen LogP contribution in [0.5, 0.6) is 0 Å². The Morgan fingerprint density at radius 1 is 1.12 bits per heavy atom. The van der Waals surface area contributed by atoms with Crippen LogP contribution in [0.15, 0.2) is 35.2 Å². The Labute approximate surface area is 98.6 Å². The fourth-order valence-electron chi connectivity index (χ4n) is 1.30. The van der Waals surface area contributed by atoms with Crippen LogP contribution in [-0.4, -0.2) is 14.2 Å². The van der Waals surface area contributed by atoms with Crippen LogP contribution in [-0.2, 0) is 9.84 Å². The largest absolute Gasteiger partial charge is 0.224 e. The molecule has 90 valence electrons. The van der Waals surface area contributed by atoms with E-state index in [9.17, 15) is 8.42 Å². The predicted octanol–water partition coefficient (Wildman–Crippen LogP) is 3.14. The van der Waals surface area contributed by atoms with Crippen molar-refractivity contribution < 1.29 is 8.42 Å². The number of sulfone groups is 1. The second-order valence-electron chi connectivity index (χ2n) is 5.36. The van der Waals surface area contributed by atoms with E-state index in [4.69, 9.17) is 0 Å². The monoisotopic (exact) mass is 240 g/mol. The minimum atomic E-state index is -3.14. The van der Waals surface area contributed by atoms with Crippen molar-refractivity contribution in [2.45, 2.75) is 32.6 Å². The first-order valence-electron chi connectivity index (χ1n) is 5.51. The molecule has 1 atom stereocenters. The van der Waals surface area contributed by atoms with Crippen molar-refractivity contribution in [1.82, 2.24) is 0 Å². The van der Waals surface area contributed by atoms with Crippen molar-refractivity contribution >= 4 is 9.84 Å². The van der Waals surface area contributed by atoms with Gasteiger partial charge >= 0.3 is 0 Å². The molecule has 3 heteroatoms. The smallest absolute Gasteiger partial charge is 0.178 e. The van der Waals surface area contributed by atoms with Crippen molar-refractivity contribution in [3.05, 3.63) is 30.3 Å². The topological polar surface area (TPSA) is 34.1 Å². The molecule has 0 spiro atoms. The van der Waals surface area contributed by atoms with E-state index in [1.165, 1.54) is 0 Å². The number of benzene rings is 1. The third-order valence-corrected chi connectivity index (χ3v) is 4.98. The normalized spacial score (nSPS) is 14.8. The predicted molar refractivity (Wildman–Crippen MR) is 67.1 cm³/mol. The average Bonchev–Trinajstić information content (AvgIpc) is 2.17. The van der Waals surface area contributed by atoms with Gasteiger partial charge in [0, 0.05) is 0 Å². The lowest BCUT2D eigenvalue weighted by Gasteiger charge is -2.26. The molecular weight excluding hydrogens is 220 g/mol. The Morgan fingerprint density at radius 2 is 1.62 bits per heavy atom. The summed E-state index contributed by atoms with van der Waals surface area (Å²) in [6.45, 7) is 8.19. The Morgan fingerprint density at radius 3 is 2.06 bits per heavy atom. The lowest BCUT2D eigenvalue weighted by molar-refractivity contribution is 0.285. The van der Waals surface area contributed by atoms with Gasteiger partial charge in [-0.05, 0) is 23.5 Å². The van der Waals surface area contributed by atoms with Gasteiger partial charge in [0.05, 0.1) is 10.6 Å². The van der Waals surface area contributed by atoms with Crippen LogP contribution in [0.2, 0.25) is 0 Å². The molecule has 0 aliphatic rings. The SMILES string of the molecule is CC(CS(=O)(=O)c1ccccc1)C(C)(C)C. The van der Waals surface area contributed by atoms with Gasteiger partial charge in [0.15, 0.2) is 9.84 Å². The molecule has 0 bridgehead atoms. The third kappa shape index (κ3) is 3.34. The fourth-order valence-corrected chi connectivity index (χ4v) is 3.23. The van der Waals surface area contributed by atoms with Gasteiger partial charge in [-0.3, -0.25) is 0 Å². The van der Waals surface area contributed by atoms with E-state index < -0.39 is 9.84 Å². The van der Waals surface area contributed by atoms with Crippen LogP contribution in [0.25, 0.3) is 0 Å². The molecule has 0 aliphatic heterocycles. The van der Waals surface area contributed by atoms with E-state index in [1.807, 2.05) is 13.0 Å². The maximum absolute atomic E-state index is 12.1. The van der Waals surface area contributed by atoms with Crippen LogP contribution < -0.4 is 0 Å². The van der Waals surface area contributed by atoms with Gasteiger partial charge in [-0.1, -0.05) is 45.9 Å². The molecule has 1 rings (SSSR count). The fraction of sp³-hybridized carbons (Fsp3) is 0.538. The Balaban J connectivity index is 2.90. The molecule has 0 amide bonds. The minimum absolute atomic E-state index is 0.0157. The summed E-state index contributed by atoms with van der Waals surface area (Å²) in [7, 11) is -3.14. The first-order chi connectivity index (χ1) is 7.23. The van der Waals surface area contributed by atoms with E-state index >= 15 is 0 Å². The van der Waals surface area contributed by atoms with Gasteiger partial charge in [0.2, 0.25) is 0 Å². The molecule has 0 saturated carbocycles. The molecule has 0 saturated heterocycles. The van der Waals surface area contributed by atoms with E-state index in [2.05, 4.69) is 20.8 Å². The molecule has 1 aromatic rings. The van der Waals surface area contributed by atoms with Gasteiger partial charge < -0.3 is 0 Å². The molecule has 2 nitrogen and oxygen atoms in total. The van der Waals surface area contributed by atoms with Crippen LogP contribution in [0.3, 0.4) is 0 Å². The highest BCUT2D eigenvalue weighted by Crippen LogP contribution is 2.28. The highest BCUT2D eigenvalue weighted by Gasteiger charge is 2.26. The first-order valence-corrected chi connectivity index (χ1v) is 7.16. The maximum Gasteiger partial charge on any atom is 0.178 e. The van der Waals surface area contributed by atoms with Crippen LogP contribution in [0.4, 0.5) is 0 Å². The van der Waals surface area contributed by atoms with Crippen LogP contribution in [0, 0.1) is 11.3 Å². The third-order valence-electron chi connectivity index (χ3n) is 3.05. The highest BCUT2D eigenvalue weighted by atomic mass is 32.2. The second kappa shape index (κ2) is 4.58. The van der Waals surface area contributed by atoms with Gasteiger partial charge in [0.25, 0.3) is 0 Å². The average molecular weight is 240 g/mol. The summed E-state index contributed by atoms with van der Waals surface area (Å²) >= 11 is 0. The Kier molecular flexibility index (Phi) is 3.79. The van der Waals surface area contributed by atoms with Crippen molar-refractivity contribution in [1.29, 1.82) is 0 Å². The molecule has 1 unspecified atom stereocenters. The maximum atomic E-state index is 12.1. The molecule has 0 radical (unpaired) electrons. The summed E-state index contributed by atoms with van der Waals surface area (Å²) in [5, 5.41) is 0. The van der Waals surface area contributed by atoms with Crippen molar-refractivity contribution in [3.63, 3.8) is 0 Å². The molecule has 0 heterocycles. The summed E-state index contributed by atoms with van der Waals surface area (Å²) in [5.74, 6) is 0.346. The van der Waals surface area contributed by atoms with E-state index in [1.54, 1.807) is 24.3 Å². The lowest BCUT2D eigenvalue weighted by atomic mass is 9.83. The number of hydrogen-bond acceptors (Lipinski definition) is 2. The number of rotatable bonds is 3. The van der Waals surface area contributed by atoms with Crippen molar-refractivity contribution in [3.8, 4) is 0 Å². The molecule has 1 aromatic carbocycles. The van der Waals surface area contributed by atoms with Crippen molar-refractivity contribution in [2.24, 2.45) is 11.3 Å². The van der Waals surface area contributed by atoms with E-state index in [0.717, 1.165) is 0 Å². The summed E-state index contributed by atoms with van der Waals surface area (Å²) in [6.07, 6.45) is 0. The molecule has 0 aliphatic carbocycles. The second-order valence-corrected chi connectivity index (χ2v) is 7.40. The zero-order valence-electron chi connectivity index (χ0n) is 10.4. The van der Waals surface area contributed by atoms with Gasteiger partial charge in [-0.15, -0.1) is 0 Å². The molecular formula is C13H20O2S. The van der Waals surface area contributed by atoms with Gasteiger partial charge in [-0.25, -0.2) is 8.42 Å². The Bertz CT molecular complexity index is 427. The first kappa shape index (κ1) is 13.2. The summed E-state index contributed by atoms with van der Waals surface area (Å²) in [5.41, 5.74) is 0.0157. The van der Waals surface area contributed by atoms with Crippen LogP contribution >= 0.6 is 0 Å². The summed E-state index contributed by atoms with van der Waals surface area (Å²) in [4.78, 5) is 0.422. The molecule has 0 aromatic heterocycles. The number of hydrogen-bond donors (Lipinski definition) is 0. The van der Waals surface area contributed by atoms with E-state index in [-0.39, 0.29) is 17.1 Å². The lowest BCUT2D eigenvalue weighted by Crippen LogP contribution is -2.25. The van der Waals surface area contributed by atoms with Crippen molar-refractivity contribution in [2.75, 3.05) is 5.75 Å². The molecule has 16 heavy (non-hydrogen) atoms. The summed E-state index contributed by atoms with van der Waals surface area (Å²) in [6, 6.07) is 8.66. The Hall–Kier alpha value is -0.830. The zero-order chi connectivity index (χ0) is 12.4. The minimum Gasteiger partial charge on any atom is -0.224 e.